The molecule has 1 saturated heterocycles. The van der Waals surface area contributed by atoms with E-state index in [2.05, 4.69) is 28.9 Å². The molecule has 0 spiro atoms. The first-order valence-electron chi connectivity index (χ1n) is 8.18. The third-order valence-corrected chi connectivity index (χ3v) is 4.21. The first kappa shape index (κ1) is 16.5. The van der Waals surface area contributed by atoms with Gasteiger partial charge in [-0.15, -0.1) is 0 Å². The van der Waals surface area contributed by atoms with Crippen molar-refractivity contribution in [1.29, 1.82) is 0 Å². The molecule has 0 amide bonds. The van der Waals surface area contributed by atoms with Crippen molar-refractivity contribution in [1.82, 2.24) is 9.80 Å². The summed E-state index contributed by atoms with van der Waals surface area (Å²) in [7, 11) is 4.05. The highest BCUT2D eigenvalue weighted by molar-refractivity contribution is 5.07. The molecule has 1 atom stereocenters. The summed E-state index contributed by atoms with van der Waals surface area (Å²) in [4.78, 5) is 4.49. The van der Waals surface area contributed by atoms with Gasteiger partial charge in [-0.2, -0.15) is 0 Å². The fourth-order valence-corrected chi connectivity index (χ4v) is 3.25. The minimum absolute atomic E-state index is 0.533. The molecule has 2 heterocycles. The maximum Gasteiger partial charge on any atom is 0.118 e. The zero-order chi connectivity index (χ0) is 15.3. The molecular formula is C17H30N2O2. The van der Waals surface area contributed by atoms with Crippen molar-refractivity contribution < 1.29 is 9.52 Å². The van der Waals surface area contributed by atoms with E-state index < -0.39 is 5.60 Å². The molecule has 1 aliphatic heterocycles. The Morgan fingerprint density at radius 3 is 2.71 bits per heavy atom. The van der Waals surface area contributed by atoms with Crippen molar-refractivity contribution in [2.24, 2.45) is 0 Å². The molecule has 0 bridgehead atoms. The van der Waals surface area contributed by atoms with Crippen molar-refractivity contribution in [3.05, 3.63) is 23.7 Å². The van der Waals surface area contributed by atoms with E-state index in [0.29, 0.717) is 0 Å². The predicted octanol–water partition coefficient (Wildman–Crippen LogP) is 2.51. The highest BCUT2D eigenvalue weighted by Gasteiger charge is 2.30. The van der Waals surface area contributed by atoms with E-state index in [0.717, 1.165) is 69.8 Å². The lowest BCUT2D eigenvalue weighted by molar-refractivity contribution is 0.00244. The molecule has 2 rings (SSSR count). The van der Waals surface area contributed by atoms with Crippen molar-refractivity contribution in [3.63, 3.8) is 0 Å². The molecule has 4 nitrogen and oxygen atoms in total. The van der Waals surface area contributed by atoms with Gasteiger partial charge in [0.05, 0.1) is 12.1 Å². The van der Waals surface area contributed by atoms with E-state index in [4.69, 9.17) is 4.42 Å². The molecule has 1 aromatic rings. The first-order chi connectivity index (χ1) is 10.0. The van der Waals surface area contributed by atoms with E-state index in [1.54, 1.807) is 0 Å². The molecule has 0 aromatic carbocycles. The summed E-state index contributed by atoms with van der Waals surface area (Å²) in [6.07, 6.45) is 4.91. The van der Waals surface area contributed by atoms with Gasteiger partial charge in [0.1, 0.15) is 11.5 Å². The van der Waals surface area contributed by atoms with Crippen molar-refractivity contribution in [3.8, 4) is 0 Å². The molecule has 1 aliphatic rings. The van der Waals surface area contributed by atoms with E-state index in [1.807, 2.05) is 14.1 Å². The second kappa shape index (κ2) is 7.43. The van der Waals surface area contributed by atoms with Gasteiger partial charge in [-0.1, -0.05) is 6.92 Å². The molecule has 1 N–H and O–H groups in total. The Labute approximate surface area is 128 Å². The average molecular weight is 294 g/mol. The lowest BCUT2D eigenvalue weighted by Crippen LogP contribution is -2.40. The zero-order valence-electron chi connectivity index (χ0n) is 13.8. The summed E-state index contributed by atoms with van der Waals surface area (Å²) in [5.74, 6) is 2.14. The standard InChI is InChI=1S/C17H30N2O2/c1-4-6-15-7-8-16(21-15)13-19-11-5-9-17(20,10-12-19)14-18(2)3/h7-8,20H,4-6,9-14H2,1-3H3/t17-/m0/s1. The van der Waals surface area contributed by atoms with Crippen LogP contribution in [0.2, 0.25) is 0 Å². The monoisotopic (exact) mass is 294 g/mol. The number of furan rings is 1. The zero-order valence-corrected chi connectivity index (χ0v) is 13.8. The second-order valence-corrected chi connectivity index (χ2v) is 6.71. The number of hydrogen-bond donors (Lipinski definition) is 1. The number of hydrogen-bond acceptors (Lipinski definition) is 4. The Hall–Kier alpha value is -0.840. The van der Waals surface area contributed by atoms with Crippen molar-refractivity contribution >= 4 is 0 Å². The Morgan fingerprint density at radius 1 is 1.24 bits per heavy atom. The van der Waals surface area contributed by atoms with Gasteiger partial charge in [0, 0.05) is 19.5 Å². The third kappa shape index (κ3) is 5.13. The minimum Gasteiger partial charge on any atom is -0.465 e. The Balaban J connectivity index is 1.87. The highest BCUT2D eigenvalue weighted by atomic mass is 16.3. The van der Waals surface area contributed by atoms with Gasteiger partial charge in [0.25, 0.3) is 0 Å². The van der Waals surface area contributed by atoms with Gasteiger partial charge in [-0.3, -0.25) is 4.90 Å². The van der Waals surface area contributed by atoms with Crippen LogP contribution < -0.4 is 0 Å². The first-order valence-corrected chi connectivity index (χ1v) is 8.18. The van der Waals surface area contributed by atoms with Gasteiger partial charge in [-0.25, -0.2) is 0 Å². The fourth-order valence-electron chi connectivity index (χ4n) is 3.25. The summed E-state index contributed by atoms with van der Waals surface area (Å²) in [5.41, 5.74) is -0.533. The molecule has 1 aromatic heterocycles. The molecule has 4 heteroatoms. The van der Waals surface area contributed by atoms with Crippen LogP contribution in [-0.2, 0) is 13.0 Å². The summed E-state index contributed by atoms with van der Waals surface area (Å²) in [5, 5.41) is 10.7. The molecular weight excluding hydrogens is 264 g/mol. The minimum atomic E-state index is -0.533. The summed E-state index contributed by atoms with van der Waals surface area (Å²) in [6, 6.07) is 4.20. The van der Waals surface area contributed by atoms with Gasteiger partial charge in [-0.05, 0) is 58.5 Å². The van der Waals surface area contributed by atoms with E-state index in [-0.39, 0.29) is 0 Å². The van der Waals surface area contributed by atoms with Crippen LogP contribution in [0.5, 0.6) is 0 Å². The smallest absolute Gasteiger partial charge is 0.118 e. The van der Waals surface area contributed by atoms with Crippen LogP contribution in [0.3, 0.4) is 0 Å². The predicted molar refractivity (Wildman–Crippen MR) is 85.3 cm³/mol. The van der Waals surface area contributed by atoms with E-state index >= 15 is 0 Å². The van der Waals surface area contributed by atoms with Crippen molar-refractivity contribution in [2.75, 3.05) is 33.7 Å². The quantitative estimate of drug-likeness (QED) is 0.875. The third-order valence-electron chi connectivity index (χ3n) is 4.21. The summed E-state index contributed by atoms with van der Waals surface area (Å²) in [6.45, 7) is 5.76. The van der Waals surface area contributed by atoms with E-state index in [9.17, 15) is 5.11 Å². The Kier molecular flexibility index (Phi) is 5.85. The van der Waals surface area contributed by atoms with Crippen LogP contribution in [0.25, 0.3) is 0 Å². The number of likely N-dealkylation sites (N-methyl/N-ethyl adjacent to an activating group) is 1. The van der Waals surface area contributed by atoms with Crippen LogP contribution in [0.15, 0.2) is 16.5 Å². The molecule has 0 unspecified atom stereocenters. The van der Waals surface area contributed by atoms with Gasteiger partial charge >= 0.3 is 0 Å². The molecule has 21 heavy (non-hydrogen) atoms. The fraction of sp³-hybridized carbons (Fsp3) is 0.765. The summed E-state index contributed by atoms with van der Waals surface area (Å²) >= 11 is 0. The molecule has 1 fully saturated rings. The molecule has 0 radical (unpaired) electrons. The largest absolute Gasteiger partial charge is 0.465 e. The second-order valence-electron chi connectivity index (χ2n) is 6.71. The number of rotatable bonds is 6. The number of nitrogens with zero attached hydrogens (tertiary/aromatic N) is 2. The average Bonchev–Trinajstić information content (AvgIpc) is 2.74. The van der Waals surface area contributed by atoms with Crippen LogP contribution in [0.4, 0.5) is 0 Å². The lowest BCUT2D eigenvalue weighted by Gasteiger charge is -2.29. The Bertz CT molecular complexity index is 430. The van der Waals surface area contributed by atoms with Crippen LogP contribution in [-0.4, -0.2) is 54.2 Å². The summed E-state index contributed by atoms with van der Waals surface area (Å²) < 4.78 is 5.87. The highest BCUT2D eigenvalue weighted by Crippen LogP contribution is 2.24. The SMILES string of the molecule is CCCc1ccc(CN2CCC[C@@](O)(CN(C)C)CC2)o1. The van der Waals surface area contributed by atoms with Gasteiger partial charge in [0.2, 0.25) is 0 Å². The number of likely N-dealkylation sites (tertiary alicyclic amines) is 1. The number of aryl methyl sites for hydroxylation is 1. The maximum absolute atomic E-state index is 10.7. The normalized spacial score (nSPS) is 24.4. The number of aliphatic hydroxyl groups is 1. The van der Waals surface area contributed by atoms with E-state index in [1.165, 1.54) is 0 Å². The van der Waals surface area contributed by atoms with Crippen LogP contribution in [0.1, 0.15) is 44.1 Å². The molecule has 0 saturated carbocycles. The Morgan fingerprint density at radius 2 is 2.00 bits per heavy atom. The molecule has 0 aliphatic carbocycles. The maximum atomic E-state index is 10.7. The van der Waals surface area contributed by atoms with Crippen molar-refractivity contribution in [2.45, 2.75) is 51.2 Å². The molecule has 120 valence electrons. The topological polar surface area (TPSA) is 39.9 Å². The van der Waals surface area contributed by atoms with Crippen LogP contribution in [0, 0.1) is 0 Å². The van der Waals surface area contributed by atoms with Crippen LogP contribution >= 0.6 is 0 Å². The van der Waals surface area contributed by atoms with Gasteiger partial charge < -0.3 is 14.4 Å². The van der Waals surface area contributed by atoms with Gasteiger partial charge in [0.15, 0.2) is 0 Å². The lowest BCUT2D eigenvalue weighted by atomic mass is 9.94.